The predicted molar refractivity (Wildman–Crippen MR) is 76.6 cm³/mol. The largest absolute Gasteiger partial charge is 0.393 e. The summed E-state index contributed by atoms with van der Waals surface area (Å²) in [5.74, 6) is 0.719. The molecule has 0 aromatic carbocycles. The molecule has 2 aromatic heterocycles. The van der Waals surface area contributed by atoms with E-state index >= 15 is 0 Å². The van der Waals surface area contributed by atoms with Gasteiger partial charge in [-0.25, -0.2) is 9.97 Å². The molecule has 0 amide bonds. The summed E-state index contributed by atoms with van der Waals surface area (Å²) >= 11 is 1.08. The standard InChI is InChI=1S/C13H15F3N4S/c14-13(15,16)6-9-5-10-11(18-7-19-12(10)21-9)20-3-1-8(17)2-4-20/h5,7-8H,1-4,6,17H2. The second-order valence-corrected chi connectivity index (χ2v) is 6.36. The number of piperidine rings is 1. The summed E-state index contributed by atoms with van der Waals surface area (Å²) in [4.78, 5) is 11.3. The van der Waals surface area contributed by atoms with Gasteiger partial charge in [0.05, 0.1) is 11.8 Å². The lowest BCUT2D eigenvalue weighted by molar-refractivity contribution is -0.126. The first-order chi connectivity index (χ1) is 9.92. The molecular formula is C13H15F3N4S. The number of aromatic nitrogens is 2. The first kappa shape index (κ1) is 14.5. The van der Waals surface area contributed by atoms with Gasteiger partial charge in [0, 0.05) is 24.0 Å². The van der Waals surface area contributed by atoms with Crippen molar-refractivity contribution in [3.05, 3.63) is 17.3 Å². The Bertz CT molecular complexity index is 632. The number of anilines is 1. The molecule has 0 atom stereocenters. The minimum atomic E-state index is -4.20. The maximum Gasteiger partial charge on any atom is 0.393 e. The maximum atomic E-state index is 12.5. The van der Waals surface area contributed by atoms with Crippen LogP contribution in [0.25, 0.3) is 10.2 Å². The summed E-state index contributed by atoms with van der Waals surface area (Å²) in [6, 6.07) is 1.76. The van der Waals surface area contributed by atoms with Crippen LogP contribution in [0, 0.1) is 0 Å². The van der Waals surface area contributed by atoms with Crippen LogP contribution in [0.5, 0.6) is 0 Å². The number of nitrogens with two attached hydrogens (primary N) is 1. The Morgan fingerprint density at radius 3 is 2.67 bits per heavy atom. The molecular weight excluding hydrogens is 301 g/mol. The van der Waals surface area contributed by atoms with Gasteiger partial charge in [-0.15, -0.1) is 11.3 Å². The van der Waals surface area contributed by atoms with Gasteiger partial charge in [-0.05, 0) is 18.9 Å². The Morgan fingerprint density at radius 2 is 2.00 bits per heavy atom. The Hall–Kier alpha value is -1.41. The van der Waals surface area contributed by atoms with Crippen LogP contribution in [-0.2, 0) is 6.42 Å². The number of thiophene rings is 1. The van der Waals surface area contributed by atoms with E-state index in [1.807, 2.05) is 0 Å². The molecule has 1 aliphatic rings. The van der Waals surface area contributed by atoms with E-state index < -0.39 is 12.6 Å². The summed E-state index contributed by atoms with van der Waals surface area (Å²) in [6.07, 6.45) is -1.97. The second-order valence-electron chi connectivity index (χ2n) is 5.25. The molecule has 3 heterocycles. The maximum absolute atomic E-state index is 12.5. The molecule has 0 radical (unpaired) electrons. The first-order valence-corrected chi connectivity index (χ1v) is 7.55. The molecule has 3 rings (SSSR count). The average Bonchev–Trinajstić information content (AvgIpc) is 2.79. The van der Waals surface area contributed by atoms with Crippen molar-refractivity contribution >= 4 is 27.4 Å². The topological polar surface area (TPSA) is 55.0 Å². The summed E-state index contributed by atoms with van der Waals surface area (Å²) in [5, 5.41) is 0.706. The number of hydrogen-bond acceptors (Lipinski definition) is 5. The molecule has 0 saturated carbocycles. The Labute approximate surface area is 123 Å². The highest BCUT2D eigenvalue weighted by atomic mass is 32.1. The van der Waals surface area contributed by atoms with Gasteiger partial charge in [0.25, 0.3) is 0 Å². The minimum absolute atomic E-state index is 0.196. The molecule has 0 spiro atoms. The van der Waals surface area contributed by atoms with Gasteiger partial charge in [0.2, 0.25) is 0 Å². The van der Waals surface area contributed by atoms with Crippen molar-refractivity contribution in [3.63, 3.8) is 0 Å². The number of halogens is 3. The smallest absolute Gasteiger partial charge is 0.356 e. The minimum Gasteiger partial charge on any atom is -0.356 e. The third-order valence-electron chi connectivity index (χ3n) is 3.57. The van der Waals surface area contributed by atoms with Crippen molar-refractivity contribution in [2.75, 3.05) is 18.0 Å². The summed E-state index contributed by atoms with van der Waals surface area (Å²) < 4.78 is 37.5. The van der Waals surface area contributed by atoms with Gasteiger partial charge in [-0.3, -0.25) is 0 Å². The molecule has 0 aliphatic carbocycles. The van der Waals surface area contributed by atoms with E-state index in [1.165, 1.54) is 6.33 Å². The van der Waals surface area contributed by atoms with Crippen LogP contribution in [-0.4, -0.2) is 35.3 Å². The van der Waals surface area contributed by atoms with E-state index in [4.69, 9.17) is 5.73 Å². The van der Waals surface area contributed by atoms with Crippen molar-refractivity contribution in [1.82, 2.24) is 9.97 Å². The molecule has 8 heteroatoms. The van der Waals surface area contributed by atoms with E-state index in [9.17, 15) is 13.2 Å². The van der Waals surface area contributed by atoms with Crippen LogP contribution in [0.15, 0.2) is 12.4 Å². The van der Waals surface area contributed by atoms with Crippen LogP contribution in [0.3, 0.4) is 0 Å². The van der Waals surface area contributed by atoms with E-state index in [2.05, 4.69) is 14.9 Å². The van der Waals surface area contributed by atoms with Gasteiger partial charge in [-0.2, -0.15) is 13.2 Å². The van der Waals surface area contributed by atoms with E-state index in [1.54, 1.807) is 6.07 Å². The zero-order valence-corrected chi connectivity index (χ0v) is 12.0. The third kappa shape index (κ3) is 3.26. The lowest BCUT2D eigenvalue weighted by Gasteiger charge is -2.31. The van der Waals surface area contributed by atoms with Gasteiger partial charge < -0.3 is 10.6 Å². The van der Waals surface area contributed by atoms with Crippen molar-refractivity contribution < 1.29 is 13.2 Å². The lowest BCUT2D eigenvalue weighted by atomic mass is 10.1. The van der Waals surface area contributed by atoms with Crippen molar-refractivity contribution in [2.24, 2.45) is 5.73 Å². The Morgan fingerprint density at radius 1 is 1.29 bits per heavy atom. The molecule has 114 valence electrons. The third-order valence-corrected chi connectivity index (χ3v) is 4.62. The van der Waals surface area contributed by atoms with E-state index in [0.29, 0.717) is 10.2 Å². The number of fused-ring (bicyclic) bond motifs is 1. The van der Waals surface area contributed by atoms with Crippen molar-refractivity contribution in [1.29, 1.82) is 0 Å². The van der Waals surface area contributed by atoms with Crippen molar-refractivity contribution in [3.8, 4) is 0 Å². The number of nitrogens with zero attached hydrogens (tertiary/aromatic N) is 3. The normalized spacial score (nSPS) is 17.6. The van der Waals surface area contributed by atoms with Crippen molar-refractivity contribution in [2.45, 2.75) is 31.5 Å². The highest BCUT2D eigenvalue weighted by Gasteiger charge is 2.29. The molecule has 0 bridgehead atoms. The summed E-state index contributed by atoms with van der Waals surface area (Å²) in [5.41, 5.74) is 5.88. The molecule has 1 saturated heterocycles. The van der Waals surface area contributed by atoms with Crippen LogP contribution < -0.4 is 10.6 Å². The van der Waals surface area contributed by atoms with Gasteiger partial charge in [-0.1, -0.05) is 0 Å². The molecule has 2 aromatic rings. The number of alkyl halides is 3. The second kappa shape index (κ2) is 5.42. The van der Waals surface area contributed by atoms with Gasteiger partial charge in [0.15, 0.2) is 0 Å². The Kier molecular flexibility index (Phi) is 3.75. The van der Waals surface area contributed by atoms with Gasteiger partial charge >= 0.3 is 6.18 Å². The highest BCUT2D eigenvalue weighted by Crippen LogP contribution is 2.34. The molecule has 4 nitrogen and oxygen atoms in total. The quantitative estimate of drug-likeness (QED) is 0.925. The molecule has 2 N–H and O–H groups in total. The summed E-state index contributed by atoms with van der Waals surface area (Å²) in [7, 11) is 0. The van der Waals surface area contributed by atoms with Crippen LogP contribution in [0.1, 0.15) is 17.7 Å². The molecule has 0 unspecified atom stereocenters. The summed E-state index contributed by atoms with van der Waals surface area (Å²) in [6.45, 7) is 1.55. The SMILES string of the molecule is NC1CCN(c2ncnc3sc(CC(F)(F)F)cc23)CC1. The number of rotatable bonds is 2. The van der Waals surface area contributed by atoms with E-state index in [0.717, 1.165) is 43.1 Å². The van der Waals surface area contributed by atoms with Crippen LogP contribution in [0.4, 0.5) is 19.0 Å². The lowest BCUT2D eigenvalue weighted by Crippen LogP contribution is -2.40. The van der Waals surface area contributed by atoms with E-state index in [-0.39, 0.29) is 10.9 Å². The van der Waals surface area contributed by atoms with Crippen LogP contribution >= 0.6 is 11.3 Å². The highest BCUT2D eigenvalue weighted by molar-refractivity contribution is 7.18. The fourth-order valence-corrected chi connectivity index (χ4v) is 3.56. The van der Waals surface area contributed by atoms with Gasteiger partial charge in [0.1, 0.15) is 17.0 Å². The number of hydrogen-bond donors (Lipinski definition) is 1. The first-order valence-electron chi connectivity index (χ1n) is 6.73. The Balaban J connectivity index is 1.92. The molecule has 1 aliphatic heterocycles. The zero-order valence-electron chi connectivity index (χ0n) is 11.2. The average molecular weight is 316 g/mol. The predicted octanol–water partition coefficient (Wildman–Crippen LogP) is 2.72. The molecule has 21 heavy (non-hydrogen) atoms. The zero-order chi connectivity index (χ0) is 15.0. The van der Waals surface area contributed by atoms with Crippen LogP contribution in [0.2, 0.25) is 0 Å². The monoisotopic (exact) mass is 316 g/mol. The molecule has 1 fully saturated rings. The fraction of sp³-hybridized carbons (Fsp3) is 0.538. The fourth-order valence-electron chi connectivity index (χ4n) is 2.54.